The largest absolute Gasteiger partial charge is 0.381 e. The van der Waals surface area contributed by atoms with E-state index in [1.165, 1.54) is 4.90 Å². The van der Waals surface area contributed by atoms with Crippen molar-refractivity contribution in [1.82, 2.24) is 15.3 Å². The lowest BCUT2D eigenvalue weighted by molar-refractivity contribution is -0.130. The molecule has 4 rings (SSSR count). The molecule has 0 aliphatic carbocycles. The predicted molar refractivity (Wildman–Crippen MR) is 113 cm³/mol. The highest BCUT2D eigenvalue weighted by Crippen LogP contribution is 2.39. The van der Waals surface area contributed by atoms with Crippen LogP contribution < -0.4 is 10.2 Å². The third-order valence-corrected chi connectivity index (χ3v) is 5.32. The van der Waals surface area contributed by atoms with Crippen molar-refractivity contribution in [3.63, 3.8) is 0 Å². The smallest absolute Gasteiger partial charge is 0.260 e. The van der Waals surface area contributed by atoms with Gasteiger partial charge in [0.25, 0.3) is 11.8 Å². The first kappa shape index (κ1) is 19.5. The first-order valence-electron chi connectivity index (χ1n) is 9.33. The van der Waals surface area contributed by atoms with Gasteiger partial charge < -0.3 is 10.4 Å². The summed E-state index contributed by atoms with van der Waals surface area (Å²) in [7, 11) is 0. The first-order valence-corrected chi connectivity index (χ1v) is 10.1. The van der Waals surface area contributed by atoms with Gasteiger partial charge in [0.15, 0.2) is 11.8 Å². The van der Waals surface area contributed by atoms with Crippen molar-refractivity contribution >= 4 is 44.6 Å². The molecule has 0 radical (unpaired) electrons. The lowest BCUT2D eigenvalue weighted by Gasteiger charge is -2.28. The van der Waals surface area contributed by atoms with E-state index < -0.39 is 18.1 Å². The normalized spacial score (nSPS) is 16.7. The highest BCUT2D eigenvalue weighted by molar-refractivity contribution is 9.10. The summed E-state index contributed by atoms with van der Waals surface area (Å²) in [4.78, 5) is 35.9. The maximum absolute atomic E-state index is 13.2. The van der Waals surface area contributed by atoms with Crippen molar-refractivity contribution in [3.8, 4) is 0 Å². The van der Waals surface area contributed by atoms with Gasteiger partial charge in [0.2, 0.25) is 0 Å². The SMILES string of the molecule is CCCNC(=O)C(O)C1c2ccccc2C(=O)N1c1ccc2ccc(Br)nc2n1. The second-order valence-electron chi connectivity index (χ2n) is 6.79. The summed E-state index contributed by atoms with van der Waals surface area (Å²) in [6.45, 7) is 2.38. The van der Waals surface area contributed by atoms with Gasteiger partial charge >= 0.3 is 0 Å². The molecule has 0 saturated heterocycles. The van der Waals surface area contributed by atoms with E-state index in [2.05, 4.69) is 31.2 Å². The van der Waals surface area contributed by atoms with Crippen LogP contribution in [0.25, 0.3) is 11.0 Å². The molecule has 0 spiro atoms. The Morgan fingerprint density at radius 2 is 1.97 bits per heavy atom. The van der Waals surface area contributed by atoms with Crippen LogP contribution in [0, 0.1) is 0 Å². The number of carbonyl (C=O) groups excluding carboxylic acids is 2. The van der Waals surface area contributed by atoms with E-state index >= 15 is 0 Å². The summed E-state index contributed by atoms with van der Waals surface area (Å²) in [5, 5.41) is 14.4. The number of benzene rings is 1. The Morgan fingerprint density at radius 1 is 1.21 bits per heavy atom. The molecular weight excluding hydrogens is 436 g/mol. The topological polar surface area (TPSA) is 95.4 Å². The fraction of sp³-hybridized carbons (Fsp3) is 0.238. The van der Waals surface area contributed by atoms with Crippen LogP contribution in [0.2, 0.25) is 0 Å². The van der Waals surface area contributed by atoms with Crippen LogP contribution in [0.3, 0.4) is 0 Å². The minimum absolute atomic E-state index is 0.310. The third kappa shape index (κ3) is 3.49. The molecule has 148 valence electrons. The van der Waals surface area contributed by atoms with E-state index in [1.54, 1.807) is 30.3 Å². The Labute approximate surface area is 175 Å². The number of halogens is 1. The van der Waals surface area contributed by atoms with Gasteiger partial charge in [-0.25, -0.2) is 9.97 Å². The van der Waals surface area contributed by atoms with Crippen molar-refractivity contribution in [3.05, 3.63) is 64.3 Å². The van der Waals surface area contributed by atoms with Gasteiger partial charge in [0.1, 0.15) is 10.4 Å². The molecule has 2 amide bonds. The monoisotopic (exact) mass is 454 g/mol. The minimum Gasteiger partial charge on any atom is -0.381 e. The molecule has 0 fully saturated rings. The van der Waals surface area contributed by atoms with Crippen LogP contribution in [-0.2, 0) is 4.79 Å². The number of pyridine rings is 2. The first-order chi connectivity index (χ1) is 14.0. The van der Waals surface area contributed by atoms with Gasteiger partial charge in [-0.05, 0) is 58.2 Å². The maximum Gasteiger partial charge on any atom is 0.260 e. The van der Waals surface area contributed by atoms with E-state index in [1.807, 2.05) is 25.1 Å². The number of nitrogens with one attached hydrogen (secondary N) is 1. The molecule has 29 heavy (non-hydrogen) atoms. The number of fused-ring (bicyclic) bond motifs is 2. The lowest BCUT2D eigenvalue weighted by Crippen LogP contribution is -2.44. The molecule has 8 heteroatoms. The van der Waals surface area contributed by atoms with Crippen molar-refractivity contribution in [2.75, 3.05) is 11.4 Å². The molecule has 2 unspecified atom stereocenters. The summed E-state index contributed by atoms with van der Waals surface area (Å²) in [5.41, 5.74) is 1.51. The summed E-state index contributed by atoms with van der Waals surface area (Å²) in [6, 6.07) is 13.3. The molecule has 3 aromatic rings. The summed E-state index contributed by atoms with van der Waals surface area (Å²) >= 11 is 3.33. The zero-order valence-corrected chi connectivity index (χ0v) is 17.3. The van der Waals surface area contributed by atoms with E-state index in [0.717, 1.165) is 11.8 Å². The summed E-state index contributed by atoms with van der Waals surface area (Å²) in [5.74, 6) is -0.501. The Kier molecular flexibility index (Phi) is 5.29. The Balaban J connectivity index is 1.80. The molecule has 2 atom stereocenters. The number of hydrogen-bond donors (Lipinski definition) is 2. The second kappa shape index (κ2) is 7.88. The number of hydrogen-bond acceptors (Lipinski definition) is 5. The Bertz CT molecular complexity index is 1100. The zero-order chi connectivity index (χ0) is 20.5. The minimum atomic E-state index is -1.43. The van der Waals surface area contributed by atoms with Crippen LogP contribution in [0.5, 0.6) is 0 Å². The molecule has 2 N–H and O–H groups in total. The molecule has 3 heterocycles. The number of nitrogens with zero attached hydrogens (tertiary/aromatic N) is 3. The zero-order valence-electron chi connectivity index (χ0n) is 15.7. The molecule has 7 nitrogen and oxygen atoms in total. The number of rotatable bonds is 5. The summed E-state index contributed by atoms with van der Waals surface area (Å²) in [6.07, 6.45) is -0.683. The highest BCUT2D eigenvalue weighted by atomic mass is 79.9. The Morgan fingerprint density at radius 3 is 2.76 bits per heavy atom. The van der Waals surface area contributed by atoms with Gasteiger partial charge in [-0.2, -0.15) is 0 Å². The van der Waals surface area contributed by atoms with E-state index in [9.17, 15) is 14.7 Å². The van der Waals surface area contributed by atoms with Gasteiger partial charge in [-0.3, -0.25) is 14.5 Å². The number of amides is 2. The maximum atomic E-state index is 13.2. The quantitative estimate of drug-likeness (QED) is 0.577. The number of carbonyl (C=O) groups is 2. The third-order valence-electron chi connectivity index (χ3n) is 4.87. The lowest BCUT2D eigenvalue weighted by atomic mass is 9.99. The van der Waals surface area contributed by atoms with Crippen LogP contribution in [0.1, 0.15) is 35.3 Å². The van der Waals surface area contributed by atoms with Gasteiger partial charge in [0, 0.05) is 17.5 Å². The average molecular weight is 455 g/mol. The van der Waals surface area contributed by atoms with E-state index in [-0.39, 0.29) is 5.91 Å². The standard InChI is InChI=1S/C21H19BrN4O3/c1-2-11-23-20(28)18(27)17-13-5-3-4-6-14(13)21(29)26(17)16-10-8-12-7-9-15(22)24-19(12)25-16/h3-10,17-18,27H,2,11H2,1H3,(H,23,28). The van der Waals surface area contributed by atoms with E-state index in [0.29, 0.717) is 33.7 Å². The summed E-state index contributed by atoms with van der Waals surface area (Å²) < 4.78 is 0.626. The van der Waals surface area contributed by atoms with Crippen molar-refractivity contribution in [1.29, 1.82) is 0 Å². The predicted octanol–water partition coefficient (Wildman–Crippen LogP) is 2.98. The molecular formula is C21H19BrN4O3. The molecule has 1 aromatic carbocycles. The Hall–Kier alpha value is -2.84. The molecule has 2 aromatic heterocycles. The average Bonchev–Trinajstić information content (AvgIpc) is 3.03. The molecule has 1 aliphatic heterocycles. The second-order valence-corrected chi connectivity index (χ2v) is 7.61. The fourth-order valence-corrected chi connectivity index (χ4v) is 3.80. The van der Waals surface area contributed by atoms with E-state index in [4.69, 9.17) is 0 Å². The number of aliphatic hydroxyl groups excluding tert-OH is 1. The molecule has 0 bridgehead atoms. The van der Waals surface area contributed by atoms with Crippen LogP contribution >= 0.6 is 15.9 Å². The number of aliphatic hydroxyl groups is 1. The van der Waals surface area contributed by atoms with Crippen LogP contribution in [-0.4, -0.2) is 39.5 Å². The van der Waals surface area contributed by atoms with Gasteiger partial charge in [0.05, 0.1) is 6.04 Å². The fourth-order valence-electron chi connectivity index (χ4n) is 3.50. The van der Waals surface area contributed by atoms with Crippen molar-refractivity contribution in [2.24, 2.45) is 0 Å². The van der Waals surface area contributed by atoms with Gasteiger partial charge in [-0.15, -0.1) is 0 Å². The van der Waals surface area contributed by atoms with Crippen molar-refractivity contribution < 1.29 is 14.7 Å². The van der Waals surface area contributed by atoms with Gasteiger partial charge in [-0.1, -0.05) is 25.1 Å². The highest BCUT2D eigenvalue weighted by Gasteiger charge is 2.44. The van der Waals surface area contributed by atoms with Crippen molar-refractivity contribution in [2.45, 2.75) is 25.5 Å². The van der Waals surface area contributed by atoms with Crippen LogP contribution in [0.15, 0.2) is 53.1 Å². The molecule has 1 aliphatic rings. The number of aromatic nitrogens is 2. The number of anilines is 1. The molecule has 0 saturated carbocycles. The van der Waals surface area contributed by atoms with Crippen LogP contribution in [0.4, 0.5) is 5.82 Å².